The van der Waals surface area contributed by atoms with Crippen molar-refractivity contribution in [3.63, 3.8) is 0 Å². The predicted molar refractivity (Wildman–Crippen MR) is 143 cm³/mol. The molecule has 0 heterocycles. The lowest BCUT2D eigenvalue weighted by Gasteiger charge is -2.24. The molecule has 0 amide bonds. The van der Waals surface area contributed by atoms with Crippen molar-refractivity contribution >= 4 is 16.9 Å². The first-order valence-electron chi connectivity index (χ1n) is 12.3. The lowest BCUT2D eigenvalue weighted by atomic mass is 9.85. The molecule has 2 aromatic carbocycles. The summed E-state index contributed by atoms with van der Waals surface area (Å²) in [5, 5.41) is 3.26. The van der Waals surface area contributed by atoms with Crippen molar-refractivity contribution in [3.05, 3.63) is 76.9 Å². The van der Waals surface area contributed by atoms with Crippen LogP contribution in [0, 0.1) is 0 Å². The van der Waals surface area contributed by atoms with E-state index in [1.807, 2.05) is 19.2 Å². The predicted octanol–water partition coefficient (Wildman–Crippen LogP) is 7.05. The third kappa shape index (κ3) is 7.00. The van der Waals surface area contributed by atoms with Crippen molar-refractivity contribution in [2.45, 2.75) is 59.8 Å². The fraction of sp³-hybridized carbons (Fsp3) is 0.448. The maximum atomic E-state index is 6.03. The molecule has 174 valence electrons. The number of likely N-dealkylation sites (N-methyl/N-ethyl adjacent to an activating group) is 2. The summed E-state index contributed by atoms with van der Waals surface area (Å²) in [6.45, 7) is 11.9. The molecule has 3 nitrogen and oxygen atoms in total. The molecule has 0 bridgehead atoms. The van der Waals surface area contributed by atoms with Crippen LogP contribution in [0.4, 0.5) is 11.4 Å². The molecule has 0 aliphatic rings. The van der Waals surface area contributed by atoms with Gasteiger partial charge in [0.15, 0.2) is 0 Å². The Balaban J connectivity index is 2.62. The van der Waals surface area contributed by atoms with Crippen LogP contribution in [-0.4, -0.2) is 26.7 Å². The van der Waals surface area contributed by atoms with E-state index in [4.69, 9.17) is 5.73 Å². The van der Waals surface area contributed by atoms with Gasteiger partial charge >= 0.3 is 0 Å². The fourth-order valence-electron chi connectivity index (χ4n) is 4.26. The standard InChI is InChI=1S/C29H43N3/c1-6-10-12-28(23(8-3)11-7-2)29(24-13-17-26(30)18-14-24)25-15-19-27(20-16-25)32(9-4)22-21-31-5/h8,13-20,31H,6-7,9-12,21-22,30H2,1-5H3/b23-8+,29-28-. The number of nitrogen functional groups attached to an aromatic ring is 1. The Morgan fingerprint density at radius 1 is 0.906 bits per heavy atom. The van der Waals surface area contributed by atoms with Gasteiger partial charge in [0.2, 0.25) is 0 Å². The zero-order valence-electron chi connectivity index (χ0n) is 20.9. The Labute approximate surface area is 196 Å². The Kier molecular flexibility index (Phi) is 11.1. The monoisotopic (exact) mass is 433 g/mol. The molecule has 0 spiro atoms. The van der Waals surface area contributed by atoms with Gasteiger partial charge in [-0.3, -0.25) is 0 Å². The average Bonchev–Trinajstić information content (AvgIpc) is 2.82. The van der Waals surface area contributed by atoms with E-state index in [-0.39, 0.29) is 0 Å². The van der Waals surface area contributed by atoms with Crippen LogP contribution in [0.1, 0.15) is 70.9 Å². The van der Waals surface area contributed by atoms with Crippen molar-refractivity contribution in [1.82, 2.24) is 5.32 Å². The summed E-state index contributed by atoms with van der Waals surface area (Å²) in [5.41, 5.74) is 14.9. The van der Waals surface area contributed by atoms with Gasteiger partial charge in [0.1, 0.15) is 0 Å². The molecular formula is C29H43N3. The largest absolute Gasteiger partial charge is 0.399 e. The van der Waals surface area contributed by atoms with Crippen LogP contribution >= 0.6 is 0 Å². The first kappa shape index (κ1) is 25.7. The second-order valence-electron chi connectivity index (χ2n) is 8.37. The number of allylic oxidation sites excluding steroid dienone is 3. The number of nitrogens with zero attached hydrogens (tertiary/aromatic N) is 1. The molecule has 2 aromatic rings. The first-order chi connectivity index (χ1) is 15.6. The highest BCUT2D eigenvalue weighted by Gasteiger charge is 2.16. The third-order valence-electron chi connectivity index (χ3n) is 6.07. The zero-order chi connectivity index (χ0) is 23.3. The van der Waals surface area contributed by atoms with Crippen molar-refractivity contribution in [1.29, 1.82) is 0 Å². The van der Waals surface area contributed by atoms with Gasteiger partial charge in [-0.2, -0.15) is 0 Å². The number of nitrogens with one attached hydrogen (secondary N) is 1. The maximum absolute atomic E-state index is 6.03. The molecule has 0 fully saturated rings. The summed E-state index contributed by atoms with van der Waals surface area (Å²) in [6.07, 6.45) is 8.07. The van der Waals surface area contributed by atoms with Gasteiger partial charge in [0, 0.05) is 31.0 Å². The van der Waals surface area contributed by atoms with Crippen molar-refractivity contribution in [3.8, 4) is 0 Å². The Bertz CT molecular complexity index is 860. The summed E-state index contributed by atoms with van der Waals surface area (Å²) in [7, 11) is 2.01. The van der Waals surface area contributed by atoms with Crippen LogP contribution in [0.2, 0.25) is 0 Å². The van der Waals surface area contributed by atoms with Gasteiger partial charge in [0.25, 0.3) is 0 Å². The molecular weight excluding hydrogens is 390 g/mol. The quantitative estimate of drug-likeness (QED) is 0.262. The molecule has 32 heavy (non-hydrogen) atoms. The van der Waals surface area contributed by atoms with Gasteiger partial charge < -0.3 is 16.0 Å². The number of benzene rings is 2. The normalized spacial score (nSPS) is 12.6. The minimum atomic E-state index is 0.807. The average molecular weight is 434 g/mol. The summed E-state index contributed by atoms with van der Waals surface area (Å²) in [4.78, 5) is 2.42. The molecule has 0 aliphatic carbocycles. The smallest absolute Gasteiger partial charge is 0.0366 e. The molecule has 0 saturated carbocycles. The molecule has 0 aromatic heterocycles. The van der Waals surface area contributed by atoms with Crippen LogP contribution in [0.3, 0.4) is 0 Å². The molecule has 0 saturated heterocycles. The molecule has 3 heteroatoms. The van der Waals surface area contributed by atoms with E-state index in [0.717, 1.165) is 44.6 Å². The van der Waals surface area contributed by atoms with E-state index in [9.17, 15) is 0 Å². The van der Waals surface area contributed by atoms with E-state index < -0.39 is 0 Å². The number of unbranched alkanes of at least 4 members (excludes halogenated alkanes) is 1. The minimum absolute atomic E-state index is 0.807. The lowest BCUT2D eigenvalue weighted by molar-refractivity contribution is 0.737. The number of hydrogen-bond acceptors (Lipinski definition) is 3. The van der Waals surface area contributed by atoms with Gasteiger partial charge in [-0.1, -0.05) is 57.0 Å². The van der Waals surface area contributed by atoms with Crippen LogP contribution < -0.4 is 16.0 Å². The van der Waals surface area contributed by atoms with Crippen molar-refractivity contribution in [2.75, 3.05) is 37.3 Å². The SMILES string of the molecule is C/C=C(CCC)/C(CCCC)=C(/c1ccc(N)cc1)c1ccc(N(CC)CCNC)cc1. The molecule has 0 radical (unpaired) electrons. The van der Waals surface area contributed by atoms with E-state index in [0.29, 0.717) is 0 Å². The maximum Gasteiger partial charge on any atom is 0.0366 e. The molecule has 3 N–H and O–H groups in total. The Morgan fingerprint density at radius 3 is 2.03 bits per heavy atom. The Morgan fingerprint density at radius 2 is 1.53 bits per heavy atom. The second-order valence-corrected chi connectivity index (χ2v) is 8.37. The highest BCUT2D eigenvalue weighted by atomic mass is 15.1. The third-order valence-corrected chi connectivity index (χ3v) is 6.07. The van der Waals surface area contributed by atoms with Crippen LogP contribution in [-0.2, 0) is 0 Å². The zero-order valence-corrected chi connectivity index (χ0v) is 20.9. The highest BCUT2D eigenvalue weighted by Crippen LogP contribution is 2.36. The number of nitrogens with two attached hydrogens (primary N) is 1. The van der Waals surface area contributed by atoms with Gasteiger partial charge in [-0.25, -0.2) is 0 Å². The topological polar surface area (TPSA) is 41.3 Å². The van der Waals surface area contributed by atoms with E-state index in [2.05, 4.69) is 80.4 Å². The van der Waals surface area contributed by atoms with Crippen LogP contribution in [0.15, 0.2) is 65.8 Å². The number of rotatable bonds is 13. The van der Waals surface area contributed by atoms with E-state index in [1.165, 1.54) is 46.4 Å². The number of anilines is 2. The first-order valence-corrected chi connectivity index (χ1v) is 12.3. The molecule has 0 atom stereocenters. The van der Waals surface area contributed by atoms with E-state index >= 15 is 0 Å². The van der Waals surface area contributed by atoms with Gasteiger partial charge in [-0.05, 0) is 92.3 Å². The molecule has 0 unspecified atom stereocenters. The number of hydrogen-bond donors (Lipinski definition) is 2. The fourth-order valence-corrected chi connectivity index (χ4v) is 4.26. The second kappa shape index (κ2) is 13.8. The van der Waals surface area contributed by atoms with Crippen molar-refractivity contribution in [2.24, 2.45) is 0 Å². The summed E-state index contributed by atoms with van der Waals surface area (Å²) in [6, 6.07) is 17.5. The highest BCUT2D eigenvalue weighted by molar-refractivity contribution is 5.85. The molecule has 2 rings (SSSR count). The van der Waals surface area contributed by atoms with Crippen LogP contribution in [0.5, 0.6) is 0 Å². The van der Waals surface area contributed by atoms with Gasteiger partial charge in [0.05, 0.1) is 0 Å². The minimum Gasteiger partial charge on any atom is -0.399 e. The Hall–Kier alpha value is -2.52. The lowest BCUT2D eigenvalue weighted by Crippen LogP contribution is -2.30. The van der Waals surface area contributed by atoms with Crippen LogP contribution in [0.25, 0.3) is 5.57 Å². The summed E-state index contributed by atoms with van der Waals surface area (Å²) in [5.74, 6) is 0. The van der Waals surface area contributed by atoms with Crippen molar-refractivity contribution < 1.29 is 0 Å². The molecule has 0 aliphatic heterocycles. The summed E-state index contributed by atoms with van der Waals surface area (Å²) < 4.78 is 0. The van der Waals surface area contributed by atoms with E-state index in [1.54, 1.807) is 0 Å². The van der Waals surface area contributed by atoms with Gasteiger partial charge in [-0.15, -0.1) is 0 Å². The summed E-state index contributed by atoms with van der Waals surface area (Å²) >= 11 is 0.